The number of thioether (sulfide) groups is 2. The van der Waals surface area contributed by atoms with Crippen molar-refractivity contribution < 1.29 is 4.39 Å². The second kappa shape index (κ2) is 5.46. The lowest BCUT2D eigenvalue weighted by Gasteiger charge is -2.10. The van der Waals surface area contributed by atoms with Crippen LogP contribution in [0.3, 0.4) is 0 Å². The molecule has 2 rings (SSSR count). The maximum absolute atomic E-state index is 12.8. The number of hydrogen-bond acceptors (Lipinski definition) is 2. The van der Waals surface area contributed by atoms with E-state index in [1.807, 2.05) is 23.9 Å². The summed E-state index contributed by atoms with van der Waals surface area (Å²) in [6.07, 6.45) is 2.53. The second-order valence-corrected chi connectivity index (χ2v) is 7.32. The summed E-state index contributed by atoms with van der Waals surface area (Å²) >= 11 is 3.97. The van der Waals surface area contributed by atoms with Gasteiger partial charge in [0.1, 0.15) is 5.82 Å². The Labute approximate surface area is 105 Å². The van der Waals surface area contributed by atoms with Gasteiger partial charge in [-0.2, -0.15) is 0 Å². The minimum Gasteiger partial charge on any atom is -0.207 e. The van der Waals surface area contributed by atoms with E-state index in [4.69, 9.17) is 0 Å². The van der Waals surface area contributed by atoms with E-state index in [1.54, 1.807) is 12.1 Å². The highest BCUT2D eigenvalue weighted by atomic mass is 32.2. The number of benzene rings is 1. The lowest BCUT2D eigenvalue weighted by molar-refractivity contribution is 0.549. The first-order valence-corrected chi connectivity index (χ1v) is 7.59. The van der Waals surface area contributed by atoms with E-state index in [2.05, 4.69) is 25.6 Å². The monoisotopic (exact) mass is 256 g/mol. The first-order valence-electron chi connectivity index (χ1n) is 5.76. The molecule has 0 aromatic heterocycles. The summed E-state index contributed by atoms with van der Waals surface area (Å²) in [6, 6.07) is 6.85. The van der Waals surface area contributed by atoms with Crippen LogP contribution < -0.4 is 0 Å². The molecule has 0 amide bonds. The van der Waals surface area contributed by atoms with Gasteiger partial charge in [-0.1, -0.05) is 13.8 Å². The molecular weight excluding hydrogens is 239 g/mol. The van der Waals surface area contributed by atoms with Crippen molar-refractivity contribution in [2.75, 3.05) is 0 Å². The average Bonchev–Trinajstić information content (AvgIpc) is 2.62. The van der Waals surface area contributed by atoms with Gasteiger partial charge in [0, 0.05) is 10.1 Å². The van der Waals surface area contributed by atoms with Crippen LogP contribution >= 0.6 is 23.5 Å². The molecule has 0 N–H and O–H groups in total. The summed E-state index contributed by atoms with van der Waals surface area (Å²) in [5.74, 6) is 0.663. The number of rotatable bonds is 3. The van der Waals surface area contributed by atoms with Crippen LogP contribution in [-0.2, 0) is 0 Å². The van der Waals surface area contributed by atoms with E-state index in [0.29, 0.717) is 4.58 Å². The lowest BCUT2D eigenvalue weighted by Crippen LogP contribution is -2.04. The first kappa shape index (κ1) is 12.3. The summed E-state index contributed by atoms with van der Waals surface area (Å²) in [6.45, 7) is 4.60. The van der Waals surface area contributed by atoms with Crippen LogP contribution in [-0.4, -0.2) is 9.83 Å². The first-order chi connectivity index (χ1) is 7.69. The van der Waals surface area contributed by atoms with E-state index in [-0.39, 0.29) is 5.82 Å². The van der Waals surface area contributed by atoms with Crippen LogP contribution in [0.25, 0.3) is 0 Å². The SMILES string of the molecule is CC[C@H]1SC(Sc2ccc(F)cc2)C[C@@H]1C. The van der Waals surface area contributed by atoms with Gasteiger partial charge in [-0.15, -0.1) is 23.5 Å². The van der Waals surface area contributed by atoms with Crippen LogP contribution in [0.2, 0.25) is 0 Å². The Morgan fingerprint density at radius 2 is 2.06 bits per heavy atom. The van der Waals surface area contributed by atoms with Crippen LogP contribution in [0.4, 0.5) is 4.39 Å². The van der Waals surface area contributed by atoms with E-state index < -0.39 is 0 Å². The molecule has 3 atom stereocenters. The molecule has 1 aliphatic heterocycles. The summed E-state index contributed by atoms with van der Waals surface area (Å²) in [7, 11) is 0. The largest absolute Gasteiger partial charge is 0.207 e. The standard InChI is InChI=1S/C13H17FS2/c1-3-12-9(2)8-13(16-12)15-11-6-4-10(14)5-7-11/h4-7,9,12-13H,3,8H2,1-2H3/t9-,12+,13?/m0/s1. The van der Waals surface area contributed by atoms with Crippen LogP contribution in [0, 0.1) is 11.7 Å². The van der Waals surface area contributed by atoms with Gasteiger partial charge in [0.25, 0.3) is 0 Å². The van der Waals surface area contributed by atoms with Crippen molar-refractivity contribution in [3.63, 3.8) is 0 Å². The quantitative estimate of drug-likeness (QED) is 0.762. The van der Waals surface area contributed by atoms with Gasteiger partial charge in [-0.25, -0.2) is 4.39 Å². The van der Waals surface area contributed by atoms with Gasteiger partial charge in [0.2, 0.25) is 0 Å². The van der Waals surface area contributed by atoms with Crippen LogP contribution in [0.5, 0.6) is 0 Å². The van der Waals surface area contributed by atoms with Gasteiger partial charge in [-0.3, -0.25) is 0 Å². The zero-order valence-electron chi connectivity index (χ0n) is 9.65. The van der Waals surface area contributed by atoms with Gasteiger partial charge in [0.15, 0.2) is 0 Å². The Kier molecular flexibility index (Phi) is 4.20. The predicted molar refractivity (Wildman–Crippen MR) is 71.5 cm³/mol. The molecule has 1 unspecified atom stereocenters. The summed E-state index contributed by atoms with van der Waals surface area (Å²) in [4.78, 5) is 1.18. The van der Waals surface area contributed by atoms with E-state index in [1.165, 1.54) is 17.7 Å². The van der Waals surface area contributed by atoms with E-state index >= 15 is 0 Å². The zero-order valence-corrected chi connectivity index (χ0v) is 11.3. The zero-order chi connectivity index (χ0) is 11.5. The Morgan fingerprint density at radius 3 is 2.62 bits per heavy atom. The van der Waals surface area contributed by atoms with Crippen molar-refractivity contribution in [3.8, 4) is 0 Å². The van der Waals surface area contributed by atoms with Gasteiger partial charge in [0.05, 0.1) is 4.58 Å². The Morgan fingerprint density at radius 1 is 1.38 bits per heavy atom. The molecule has 0 radical (unpaired) electrons. The molecule has 1 heterocycles. The van der Waals surface area contributed by atoms with Crippen LogP contribution in [0.1, 0.15) is 26.7 Å². The fourth-order valence-corrected chi connectivity index (χ4v) is 5.44. The molecule has 0 spiro atoms. The Balaban J connectivity index is 1.94. The van der Waals surface area contributed by atoms with Crippen molar-refractivity contribution in [2.24, 2.45) is 5.92 Å². The third kappa shape index (κ3) is 2.95. The molecule has 3 heteroatoms. The van der Waals surface area contributed by atoms with Crippen molar-refractivity contribution in [3.05, 3.63) is 30.1 Å². The maximum atomic E-state index is 12.8. The minimum absolute atomic E-state index is 0.150. The minimum atomic E-state index is -0.150. The molecule has 88 valence electrons. The third-order valence-corrected chi connectivity index (χ3v) is 6.27. The number of halogens is 1. The predicted octanol–water partition coefficient (Wildman–Crippen LogP) is 4.80. The molecular formula is C13H17FS2. The highest BCUT2D eigenvalue weighted by Crippen LogP contribution is 2.47. The third-order valence-electron chi connectivity index (χ3n) is 3.01. The molecule has 0 aliphatic carbocycles. The molecule has 1 fully saturated rings. The molecule has 1 aromatic rings. The van der Waals surface area contributed by atoms with Gasteiger partial charge < -0.3 is 0 Å². The second-order valence-electron chi connectivity index (χ2n) is 4.30. The smallest absolute Gasteiger partial charge is 0.123 e. The lowest BCUT2D eigenvalue weighted by atomic mass is 10.0. The molecule has 1 aromatic carbocycles. The van der Waals surface area contributed by atoms with E-state index in [9.17, 15) is 4.39 Å². The van der Waals surface area contributed by atoms with Gasteiger partial charge in [-0.05, 0) is 43.0 Å². The Bertz CT molecular complexity index is 336. The number of hydrogen-bond donors (Lipinski definition) is 0. The fourth-order valence-electron chi connectivity index (χ4n) is 2.08. The van der Waals surface area contributed by atoms with E-state index in [0.717, 1.165) is 11.2 Å². The molecule has 0 nitrogen and oxygen atoms in total. The maximum Gasteiger partial charge on any atom is 0.123 e. The highest BCUT2D eigenvalue weighted by Gasteiger charge is 2.31. The molecule has 0 saturated carbocycles. The summed E-state index contributed by atoms with van der Waals surface area (Å²) < 4.78 is 13.4. The Hall–Kier alpha value is -0.150. The molecule has 1 aliphatic rings. The normalized spacial score (nSPS) is 29.6. The van der Waals surface area contributed by atoms with Crippen LogP contribution in [0.15, 0.2) is 29.2 Å². The van der Waals surface area contributed by atoms with Gasteiger partial charge >= 0.3 is 0 Å². The summed E-state index contributed by atoms with van der Waals surface area (Å²) in [5, 5.41) is 0.804. The topological polar surface area (TPSA) is 0 Å². The van der Waals surface area contributed by atoms with Crippen molar-refractivity contribution in [1.82, 2.24) is 0 Å². The summed E-state index contributed by atoms with van der Waals surface area (Å²) in [5.41, 5.74) is 0. The average molecular weight is 256 g/mol. The van der Waals surface area contributed by atoms with Crippen molar-refractivity contribution in [1.29, 1.82) is 0 Å². The molecule has 16 heavy (non-hydrogen) atoms. The molecule has 0 bridgehead atoms. The fraction of sp³-hybridized carbons (Fsp3) is 0.538. The highest BCUT2D eigenvalue weighted by molar-refractivity contribution is 8.17. The van der Waals surface area contributed by atoms with Crippen molar-refractivity contribution >= 4 is 23.5 Å². The van der Waals surface area contributed by atoms with Crippen molar-refractivity contribution in [2.45, 2.75) is 41.4 Å². The molecule has 1 saturated heterocycles.